The summed E-state index contributed by atoms with van der Waals surface area (Å²) in [6.07, 6.45) is -0.357. The van der Waals surface area contributed by atoms with Gasteiger partial charge in [-0.2, -0.15) is 0 Å². The van der Waals surface area contributed by atoms with Crippen molar-refractivity contribution in [2.75, 3.05) is 19.8 Å². The molecule has 0 amide bonds. The lowest BCUT2D eigenvalue weighted by molar-refractivity contribution is -0.139. The molecule has 1 unspecified atom stereocenters. The van der Waals surface area contributed by atoms with Gasteiger partial charge in [0.05, 0.1) is 18.8 Å². The van der Waals surface area contributed by atoms with Crippen molar-refractivity contribution < 1.29 is 14.3 Å². The Bertz CT molecular complexity index is 185. The van der Waals surface area contributed by atoms with Gasteiger partial charge in [0, 0.05) is 6.54 Å². The Morgan fingerprint density at radius 3 is 3.08 bits per heavy atom. The standard InChI is InChI=1S/C8H13NO3/c1-3-11-8(10)6(2)7-9-4-5-12-7/h7,9H,2-5H2,1H3. The van der Waals surface area contributed by atoms with Gasteiger partial charge < -0.3 is 9.47 Å². The largest absolute Gasteiger partial charge is 0.463 e. The topological polar surface area (TPSA) is 47.6 Å². The quantitative estimate of drug-likeness (QED) is 0.481. The molecule has 0 radical (unpaired) electrons. The summed E-state index contributed by atoms with van der Waals surface area (Å²) in [7, 11) is 0. The zero-order chi connectivity index (χ0) is 8.97. The van der Waals surface area contributed by atoms with Crippen molar-refractivity contribution in [3.05, 3.63) is 12.2 Å². The highest BCUT2D eigenvalue weighted by atomic mass is 16.5. The fourth-order valence-corrected chi connectivity index (χ4v) is 0.980. The van der Waals surface area contributed by atoms with Crippen LogP contribution in [0.1, 0.15) is 6.92 Å². The molecule has 1 saturated heterocycles. The van der Waals surface area contributed by atoms with E-state index in [9.17, 15) is 4.79 Å². The first-order chi connectivity index (χ1) is 5.75. The van der Waals surface area contributed by atoms with Gasteiger partial charge in [0.15, 0.2) is 0 Å². The van der Waals surface area contributed by atoms with Crippen molar-refractivity contribution in [3.63, 3.8) is 0 Å². The van der Waals surface area contributed by atoms with Gasteiger partial charge >= 0.3 is 5.97 Å². The van der Waals surface area contributed by atoms with Crippen LogP contribution in [0.3, 0.4) is 0 Å². The molecule has 1 heterocycles. The first-order valence-corrected chi connectivity index (χ1v) is 3.96. The third-order valence-corrected chi connectivity index (χ3v) is 1.57. The van der Waals surface area contributed by atoms with Gasteiger partial charge in [0.25, 0.3) is 0 Å². The minimum Gasteiger partial charge on any atom is -0.463 e. The average molecular weight is 171 g/mol. The molecule has 0 aromatic carbocycles. The summed E-state index contributed by atoms with van der Waals surface area (Å²) in [5.74, 6) is -0.392. The second kappa shape index (κ2) is 4.23. The molecule has 0 aromatic rings. The first kappa shape index (κ1) is 9.22. The van der Waals surface area contributed by atoms with Gasteiger partial charge in [-0.25, -0.2) is 4.79 Å². The van der Waals surface area contributed by atoms with Gasteiger partial charge in [-0.1, -0.05) is 6.58 Å². The van der Waals surface area contributed by atoms with Crippen molar-refractivity contribution in [2.45, 2.75) is 13.2 Å². The molecule has 1 N–H and O–H groups in total. The van der Waals surface area contributed by atoms with E-state index in [0.717, 1.165) is 6.54 Å². The van der Waals surface area contributed by atoms with E-state index in [-0.39, 0.29) is 6.23 Å². The van der Waals surface area contributed by atoms with Crippen LogP contribution in [0.25, 0.3) is 0 Å². The van der Waals surface area contributed by atoms with Crippen LogP contribution in [0.5, 0.6) is 0 Å². The number of carbonyl (C=O) groups excluding carboxylic acids is 1. The van der Waals surface area contributed by atoms with Crippen LogP contribution >= 0.6 is 0 Å². The minimum atomic E-state index is -0.392. The maximum atomic E-state index is 11.1. The number of hydrogen-bond donors (Lipinski definition) is 1. The third-order valence-electron chi connectivity index (χ3n) is 1.57. The van der Waals surface area contributed by atoms with Crippen LogP contribution in [0, 0.1) is 0 Å². The smallest absolute Gasteiger partial charge is 0.337 e. The second-order valence-electron chi connectivity index (χ2n) is 2.45. The van der Waals surface area contributed by atoms with Crippen molar-refractivity contribution in [3.8, 4) is 0 Å². The monoisotopic (exact) mass is 171 g/mol. The summed E-state index contributed by atoms with van der Waals surface area (Å²) in [6, 6.07) is 0. The highest BCUT2D eigenvalue weighted by Gasteiger charge is 2.23. The van der Waals surface area contributed by atoms with E-state index in [2.05, 4.69) is 11.9 Å². The molecular weight excluding hydrogens is 158 g/mol. The van der Waals surface area contributed by atoms with E-state index in [1.165, 1.54) is 0 Å². The van der Waals surface area contributed by atoms with E-state index in [1.54, 1.807) is 6.92 Å². The molecule has 0 aromatic heterocycles. The number of esters is 1. The van der Waals surface area contributed by atoms with Gasteiger partial charge in [-0.3, -0.25) is 5.32 Å². The molecule has 1 fully saturated rings. The Balaban J connectivity index is 2.40. The van der Waals surface area contributed by atoms with E-state index in [1.807, 2.05) is 0 Å². The molecule has 12 heavy (non-hydrogen) atoms. The van der Waals surface area contributed by atoms with Gasteiger partial charge in [-0.15, -0.1) is 0 Å². The van der Waals surface area contributed by atoms with Crippen LogP contribution in [0.4, 0.5) is 0 Å². The van der Waals surface area contributed by atoms with Crippen molar-refractivity contribution in [1.29, 1.82) is 0 Å². The maximum Gasteiger partial charge on any atom is 0.337 e. The summed E-state index contributed by atoms with van der Waals surface area (Å²) in [4.78, 5) is 11.1. The zero-order valence-corrected chi connectivity index (χ0v) is 7.13. The lowest BCUT2D eigenvalue weighted by Crippen LogP contribution is -2.29. The molecule has 1 aliphatic rings. The summed E-state index contributed by atoms with van der Waals surface area (Å²) >= 11 is 0. The van der Waals surface area contributed by atoms with Crippen molar-refractivity contribution in [1.82, 2.24) is 5.32 Å². The predicted octanol–water partition coefficient (Wildman–Crippen LogP) is 0.0516. The highest BCUT2D eigenvalue weighted by molar-refractivity contribution is 5.88. The van der Waals surface area contributed by atoms with Crippen LogP contribution < -0.4 is 5.32 Å². The van der Waals surface area contributed by atoms with Gasteiger partial charge in [0.2, 0.25) is 0 Å². The maximum absolute atomic E-state index is 11.1. The molecule has 1 atom stereocenters. The Morgan fingerprint density at radius 2 is 2.58 bits per heavy atom. The van der Waals surface area contributed by atoms with Crippen LogP contribution in [0.2, 0.25) is 0 Å². The molecule has 1 rings (SSSR count). The Morgan fingerprint density at radius 1 is 1.83 bits per heavy atom. The number of carbonyl (C=O) groups is 1. The Hall–Kier alpha value is -0.870. The van der Waals surface area contributed by atoms with E-state index in [0.29, 0.717) is 18.8 Å². The lowest BCUT2D eigenvalue weighted by atomic mass is 10.3. The molecule has 0 saturated carbocycles. The molecule has 0 bridgehead atoms. The van der Waals surface area contributed by atoms with Crippen molar-refractivity contribution >= 4 is 5.97 Å². The molecular formula is C8H13NO3. The third kappa shape index (κ3) is 2.06. The van der Waals surface area contributed by atoms with E-state index in [4.69, 9.17) is 9.47 Å². The van der Waals surface area contributed by atoms with E-state index < -0.39 is 5.97 Å². The predicted molar refractivity (Wildman–Crippen MR) is 43.5 cm³/mol. The number of ether oxygens (including phenoxy) is 2. The van der Waals surface area contributed by atoms with Crippen LogP contribution in [-0.4, -0.2) is 32.0 Å². The van der Waals surface area contributed by atoms with Gasteiger partial charge in [-0.05, 0) is 6.92 Å². The normalized spacial score (nSPS) is 22.2. The first-order valence-electron chi connectivity index (χ1n) is 3.96. The molecule has 4 heteroatoms. The molecule has 0 spiro atoms. The SMILES string of the molecule is C=C(C(=O)OCC)C1NCCO1. The highest BCUT2D eigenvalue weighted by Crippen LogP contribution is 2.07. The molecule has 4 nitrogen and oxygen atoms in total. The molecule has 0 aliphatic carbocycles. The molecule has 1 aliphatic heterocycles. The van der Waals surface area contributed by atoms with E-state index >= 15 is 0 Å². The van der Waals surface area contributed by atoms with Crippen molar-refractivity contribution in [2.24, 2.45) is 0 Å². The summed E-state index contributed by atoms with van der Waals surface area (Å²) in [6.45, 7) is 7.08. The number of nitrogens with one attached hydrogen (secondary N) is 1. The number of hydrogen-bond acceptors (Lipinski definition) is 4. The number of rotatable bonds is 3. The Kier molecular flexibility index (Phi) is 3.25. The average Bonchev–Trinajstić information content (AvgIpc) is 2.55. The minimum absolute atomic E-state index is 0.342. The lowest BCUT2D eigenvalue weighted by Gasteiger charge is -2.11. The Labute approximate surface area is 71.5 Å². The fourth-order valence-electron chi connectivity index (χ4n) is 0.980. The summed E-state index contributed by atoms with van der Waals surface area (Å²) < 4.78 is 9.93. The fraction of sp³-hybridized carbons (Fsp3) is 0.625. The van der Waals surface area contributed by atoms with Crippen LogP contribution in [0.15, 0.2) is 12.2 Å². The second-order valence-corrected chi connectivity index (χ2v) is 2.45. The summed E-state index contributed by atoms with van der Waals surface area (Å²) in [5, 5.41) is 2.97. The van der Waals surface area contributed by atoms with Gasteiger partial charge in [0.1, 0.15) is 6.23 Å². The summed E-state index contributed by atoms with van der Waals surface area (Å²) in [5.41, 5.74) is 0.342. The zero-order valence-electron chi connectivity index (χ0n) is 7.13. The molecule has 68 valence electrons. The van der Waals surface area contributed by atoms with Crippen LogP contribution in [-0.2, 0) is 14.3 Å².